The fraction of sp³-hybridized carbons (Fsp3) is 0.333. The van der Waals surface area contributed by atoms with E-state index in [0.717, 1.165) is 11.1 Å². The fourth-order valence-corrected chi connectivity index (χ4v) is 1.43. The minimum atomic E-state index is -4.59. The molecule has 0 heterocycles. The predicted molar refractivity (Wildman–Crippen MR) is 58.6 cm³/mol. The molecule has 0 atom stereocenters. The van der Waals surface area contributed by atoms with Crippen LogP contribution in [0.4, 0.5) is 13.2 Å². The Morgan fingerprint density at radius 2 is 2.06 bits per heavy atom. The molecular formula is C12H13F3O2. The maximum atomic E-state index is 11.8. The Morgan fingerprint density at radius 3 is 2.53 bits per heavy atom. The summed E-state index contributed by atoms with van der Waals surface area (Å²) in [4.78, 5) is 0. The maximum absolute atomic E-state index is 11.8. The Bertz CT molecular complexity index is 411. The SMILES string of the molecule is C=C(O)c1ccc(CCOC(F)(F)F)c(C)c1. The summed E-state index contributed by atoms with van der Waals surface area (Å²) in [5.74, 6) is -0.0637. The third kappa shape index (κ3) is 4.48. The van der Waals surface area contributed by atoms with Gasteiger partial charge in [0.25, 0.3) is 0 Å². The summed E-state index contributed by atoms with van der Waals surface area (Å²) in [5, 5.41) is 9.15. The average Bonchev–Trinajstić information content (AvgIpc) is 2.18. The van der Waals surface area contributed by atoms with Crippen molar-refractivity contribution in [2.45, 2.75) is 19.7 Å². The van der Waals surface area contributed by atoms with Crippen LogP contribution in [0.25, 0.3) is 5.76 Å². The van der Waals surface area contributed by atoms with Crippen LogP contribution in [0.3, 0.4) is 0 Å². The second-order valence-corrected chi connectivity index (χ2v) is 3.63. The number of aliphatic hydroxyl groups is 1. The molecule has 1 rings (SSSR count). The third-order valence-electron chi connectivity index (χ3n) is 2.31. The van der Waals surface area contributed by atoms with Crippen LogP contribution in [0.2, 0.25) is 0 Å². The minimum Gasteiger partial charge on any atom is -0.508 e. The number of halogens is 3. The van der Waals surface area contributed by atoms with Gasteiger partial charge in [0.15, 0.2) is 0 Å². The van der Waals surface area contributed by atoms with Gasteiger partial charge in [-0.1, -0.05) is 18.7 Å². The molecule has 1 aromatic carbocycles. The summed E-state index contributed by atoms with van der Waals surface area (Å²) < 4.78 is 39.0. The molecule has 0 amide bonds. The lowest BCUT2D eigenvalue weighted by molar-refractivity contribution is -0.324. The molecule has 5 heteroatoms. The molecule has 0 aliphatic heterocycles. The van der Waals surface area contributed by atoms with E-state index in [1.807, 2.05) is 0 Å². The molecule has 0 aromatic heterocycles. The Kier molecular flexibility index (Phi) is 4.17. The monoisotopic (exact) mass is 246 g/mol. The van der Waals surface area contributed by atoms with Gasteiger partial charge >= 0.3 is 6.36 Å². The van der Waals surface area contributed by atoms with Crippen molar-refractivity contribution in [1.82, 2.24) is 0 Å². The van der Waals surface area contributed by atoms with Crippen LogP contribution in [0.15, 0.2) is 24.8 Å². The van der Waals surface area contributed by atoms with Gasteiger partial charge in [0.05, 0.1) is 6.61 Å². The second kappa shape index (κ2) is 5.23. The molecule has 0 aliphatic carbocycles. The number of hydrogen-bond donors (Lipinski definition) is 1. The van der Waals surface area contributed by atoms with Gasteiger partial charge in [-0.25, -0.2) is 0 Å². The van der Waals surface area contributed by atoms with Crippen molar-refractivity contribution < 1.29 is 23.0 Å². The summed E-state index contributed by atoms with van der Waals surface area (Å²) in [6.45, 7) is 4.72. The molecule has 0 radical (unpaired) electrons. The van der Waals surface area contributed by atoms with Crippen molar-refractivity contribution in [3.05, 3.63) is 41.5 Å². The molecule has 0 unspecified atom stereocenters. The van der Waals surface area contributed by atoms with E-state index >= 15 is 0 Å². The van der Waals surface area contributed by atoms with Crippen molar-refractivity contribution in [1.29, 1.82) is 0 Å². The van der Waals surface area contributed by atoms with Gasteiger partial charge in [-0.3, -0.25) is 4.74 Å². The van der Waals surface area contributed by atoms with Crippen LogP contribution in [-0.4, -0.2) is 18.1 Å². The zero-order valence-corrected chi connectivity index (χ0v) is 9.34. The zero-order valence-electron chi connectivity index (χ0n) is 9.34. The quantitative estimate of drug-likeness (QED) is 0.822. The molecular weight excluding hydrogens is 233 g/mol. The summed E-state index contributed by atoms with van der Waals surface area (Å²) in [7, 11) is 0. The first-order valence-corrected chi connectivity index (χ1v) is 4.98. The van der Waals surface area contributed by atoms with E-state index in [1.54, 1.807) is 25.1 Å². The molecule has 0 aliphatic rings. The van der Waals surface area contributed by atoms with E-state index in [0.29, 0.717) is 5.56 Å². The summed E-state index contributed by atoms with van der Waals surface area (Å²) >= 11 is 0. The van der Waals surface area contributed by atoms with Crippen LogP contribution in [0.5, 0.6) is 0 Å². The first-order chi connectivity index (χ1) is 7.79. The van der Waals surface area contributed by atoms with Gasteiger partial charge in [0, 0.05) is 5.56 Å². The van der Waals surface area contributed by atoms with E-state index in [1.165, 1.54) is 0 Å². The molecule has 1 aromatic rings. The Morgan fingerprint density at radius 1 is 1.41 bits per heavy atom. The minimum absolute atomic E-state index is 0.0637. The van der Waals surface area contributed by atoms with Gasteiger partial charge in [0.1, 0.15) is 5.76 Å². The van der Waals surface area contributed by atoms with E-state index in [-0.39, 0.29) is 12.2 Å². The molecule has 0 fully saturated rings. The number of benzene rings is 1. The highest BCUT2D eigenvalue weighted by Crippen LogP contribution is 2.19. The molecule has 2 nitrogen and oxygen atoms in total. The lowest BCUT2D eigenvalue weighted by Crippen LogP contribution is -2.15. The summed E-state index contributed by atoms with van der Waals surface area (Å²) in [6, 6.07) is 4.94. The van der Waals surface area contributed by atoms with E-state index in [4.69, 9.17) is 5.11 Å². The van der Waals surface area contributed by atoms with Crippen molar-refractivity contribution in [2.75, 3.05) is 6.61 Å². The third-order valence-corrected chi connectivity index (χ3v) is 2.31. The van der Waals surface area contributed by atoms with Gasteiger partial charge < -0.3 is 5.11 Å². The maximum Gasteiger partial charge on any atom is 0.522 e. The number of aliphatic hydroxyl groups excluding tert-OH is 1. The summed E-state index contributed by atoms with van der Waals surface area (Å²) in [6.07, 6.45) is -4.42. The van der Waals surface area contributed by atoms with Crippen LogP contribution < -0.4 is 0 Å². The molecule has 0 saturated carbocycles. The smallest absolute Gasteiger partial charge is 0.508 e. The molecule has 0 spiro atoms. The molecule has 0 saturated heterocycles. The average molecular weight is 246 g/mol. The van der Waals surface area contributed by atoms with Crippen molar-refractivity contribution >= 4 is 5.76 Å². The van der Waals surface area contributed by atoms with Crippen LogP contribution in [-0.2, 0) is 11.2 Å². The molecule has 94 valence electrons. The lowest BCUT2D eigenvalue weighted by atomic mass is 10.0. The normalized spacial score (nSPS) is 11.5. The first kappa shape index (κ1) is 13.6. The standard InChI is InChI=1S/C12H13F3O2/c1-8-7-11(9(2)16)4-3-10(8)5-6-17-12(13,14)15/h3-4,7,16H,2,5-6H2,1H3. The van der Waals surface area contributed by atoms with Crippen molar-refractivity contribution in [2.24, 2.45) is 0 Å². The fourth-order valence-electron chi connectivity index (χ4n) is 1.43. The number of hydrogen-bond acceptors (Lipinski definition) is 2. The van der Waals surface area contributed by atoms with E-state index in [2.05, 4.69) is 11.3 Å². The van der Waals surface area contributed by atoms with Gasteiger partial charge in [0.2, 0.25) is 0 Å². The Hall–Kier alpha value is -1.49. The largest absolute Gasteiger partial charge is 0.522 e. The number of alkyl halides is 3. The predicted octanol–water partition coefficient (Wildman–Crippen LogP) is 3.60. The molecule has 1 N–H and O–H groups in total. The van der Waals surface area contributed by atoms with Crippen LogP contribution in [0.1, 0.15) is 16.7 Å². The highest BCUT2D eigenvalue weighted by molar-refractivity contribution is 5.57. The lowest BCUT2D eigenvalue weighted by Gasteiger charge is -2.10. The van der Waals surface area contributed by atoms with E-state index < -0.39 is 13.0 Å². The highest BCUT2D eigenvalue weighted by atomic mass is 19.4. The van der Waals surface area contributed by atoms with E-state index in [9.17, 15) is 13.2 Å². The van der Waals surface area contributed by atoms with Gasteiger partial charge in [-0.05, 0) is 30.5 Å². The zero-order chi connectivity index (χ0) is 13.1. The van der Waals surface area contributed by atoms with Crippen LogP contribution in [0, 0.1) is 6.92 Å². The molecule has 17 heavy (non-hydrogen) atoms. The summed E-state index contributed by atoms with van der Waals surface area (Å²) in [5.41, 5.74) is 2.10. The van der Waals surface area contributed by atoms with Crippen molar-refractivity contribution in [3.63, 3.8) is 0 Å². The highest BCUT2D eigenvalue weighted by Gasteiger charge is 2.28. The van der Waals surface area contributed by atoms with Gasteiger partial charge in [-0.15, -0.1) is 13.2 Å². The Labute approximate surface area is 97.3 Å². The van der Waals surface area contributed by atoms with Crippen LogP contribution >= 0.6 is 0 Å². The Balaban J connectivity index is 2.64. The van der Waals surface area contributed by atoms with Gasteiger partial charge in [-0.2, -0.15) is 0 Å². The first-order valence-electron chi connectivity index (χ1n) is 4.98. The molecule has 0 bridgehead atoms. The van der Waals surface area contributed by atoms with Crippen molar-refractivity contribution in [3.8, 4) is 0 Å². The number of rotatable bonds is 4. The second-order valence-electron chi connectivity index (χ2n) is 3.63. The topological polar surface area (TPSA) is 29.5 Å². The number of aryl methyl sites for hydroxylation is 1. The number of ether oxygens (including phenoxy) is 1.